The Morgan fingerprint density at radius 3 is 2.54 bits per heavy atom. The highest BCUT2D eigenvalue weighted by Gasteiger charge is 2.23. The van der Waals surface area contributed by atoms with Crippen LogP contribution in [0.2, 0.25) is 5.02 Å². The monoisotopic (exact) mass is 517 g/mol. The maximum atomic E-state index is 13.6. The molecule has 0 aliphatic heterocycles. The summed E-state index contributed by atoms with van der Waals surface area (Å²) >= 11 is 6.43. The largest absolute Gasteiger partial charge is 0.350 e. The van der Waals surface area contributed by atoms with Crippen LogP contribution in [0.3, 0.4) is 0 Å². The minimum Gasteiger partial charge on any atom is -0.350 e. The van der Waals surface area contributed by atoms with Crippen molar-refractivity contribution in [2.45, 2.75) is 40.3 Å². The topological polar surface area (TPSA) is 143 Å². The standard InChI is InChI=1S/C25H24ClN9O2/c1-14(2)28-24(36)19-10-17(12-27)9-15(3)23(19)29-25(37)22-11-18(13-34-16(4)30-32-33-34)31-35(22)21-8-6-5-7-20(21)26/h5-11,14H,13H2,1-4H3,(H,28,36)(H,29,37). The lowest BCUT2D eigenvalue weighted by atomic mass is 10.0. The number of benzene rings is 2. The van der Waals surface area contributed by atoms with E-state index in [4.69, 9.17) is 11.6 Å². The van der Waals surface area contributed by atoms with Gasteiger partial charge in [-0.25, -0.2) is 9.36 Å². The first-order valence-corrected chi connectivity index (χ1v) is 11.8. The summed E-state index contributed by atoms with van der Waals surface area (Å²) in [6.45, 7) is 7.37. The van der Waals surface area contributed by atoms with Gasteiger partial charge in [-0.15, -0.1) is 5.10 Å². The number of rotatable bonds is 7. The predicted molar refractivity (Wildman–Crippen MR) is 137 cm³/mol. The van der Waals surface area contributed by atoms with Gasteiger partial charge in [0.15, 0.2) is 0 Å². The maximum absolute atomic E-state index is 13.6. The van der Waals surface area contributed by atoms with Crippen molar-refractivity contribution in [3.8, 4) is 11.8 Å². The van der Waals surface area contributed by atoms with E-state index in [1.807, 2.05) is 13.8 Å². The third kappa shape index (κ3) is 5.49. The van der Waals surface area contributed by atoms with Gasteiger partial charge in [0.05, 0.1) is 45.8 Å². The van der Waals surface area contributed by atoms with E-state index in [-0.39, 0.29) is 23.8 Å². The summed E-state index contributed by atoms with van der Waals surface area (Å²) in [5, 5.41) is 31.5. The summed E-state index contributed by atoms with van der Waals surface area (Å²) in [5.41, 5.74) is 2.57. The third-order valence-corrected chi connectivity index (χ3v) is 5.78. The molecule has 12 heteroatoms. The van der Waals surface area contributed by atoms with Crippen molar-refractivity contribution in [1.29, 1.82) is 5.26 Å². The summed E-state index contributed by atoms with van der Waals surface area (Å²) in [7, 11) is 0. The van der Waals surface area contributed by atoms with Crippen molar-refractivity contribution in [1.82, 2.24) is 35.3 Å². The van der Waals surface area contributed by atoms with Crippen LogP contribution in [0, 0.1) is 25.2 Å². The molecule has 0 fully saturated rings. The van der Waals surface area contributed by atoms with Gasteiger partial charge >= 0.3 is 0 Å². The fourth-order valence-corrected chi connectivity index (χ4v) is 3.96. The number of amides is 2. The van der Waals surface area contributed by atoms with Crippen LogP contribution in [0.4, 0.5) is 5.69 Å². The predicted octanol–water partition coefficient (Wildman–Crippen LogP) is 3.44. The second kappa shape index (κ2) is 10.6. The van der Waals surface area contributed by atoms with E-state index >= 15 is 0 Å². The molecule has 2 N–H and O–H groups in total. The van der Waals surface area contributed by atoms with Gasteiger partial charge in [-0.1, -0.05) is 23.7 Å². The number of hydrogen-bond acceptors (Lipinski definition) is 7. The molecular formula is C25H24ClN9O2. The van der Waals surface area contributed by atoms with Gasteiger partial charge in [-0.2, -0.15) is 10.4 Å². The molecule has 0 saturated heterocycles. The Morgan fingerprint density at radius 1 is 1.14 bits per heavy atom. The number of aromatic nitrogens is 6. The molecule has 0 saturated carbocycles. The lowest BCUT2D eigenvalue weighted by molar-refractivity contribution is 0.0944. The molecule has 0 spiro atoms. The van der Waals surface area contributed by atoms with Gasteiger partial charge < -0.3 is 10.6 Å². The first-order valence-electron chi connectivity index (χ1n) is 11.4. The average Bonchev–Trinajstić information content (AvgIpc) is 3.46. The van der Waals surface area contributed by atoms with Gasteiger partial charge in [-0.3, -0.25) is 9.59 Å². The Labute approximate surface area is 218 Å². The molecule has 11 nitrogen and oxygen atoms in total. The number of halogens is 1. The van der Waals surface area contributed by atoms with Crippen LogP contribution in [0.25, 0.3) is 5.69 Å². The van der Waals surface area contributed by atoms with E-state index in [9.17, 15) is 14.9 Å². The summed E-state index contributed by atoms with van der Waals surface area (Å²) in [6.07, 6.45) is 0. The van der Waals surface area contributed by atoms with Crippen molar-refractivity contribution in [2.75, 3.05) is 5.32 Å². The molecule has 0 aliphatic rings. The molecule has 2 aromatic heterocycles. The molecule has 0 bridgehead atoms. The highest BCUT2D eigenvalue weighted by molar-refractivity contribution is 6.32. The first-order chi connectivity index (χ1) is 17.7. The number of hydrogen-bond donors (Lipinski definition) is 2. The molecule has 0 unspecified atom stereocenters. The van der Waals surface area contributed by atoms with Crippen LogP contribution in [0.1, 0.15) is 57.3 Å². The Balaban J connectivity index is 1.77. The number of carbonyl (C=O) groups is 2. The highest BCUT2D eigenvalue weighted by Crippen LogP contribution is 2.26. The molecule has 4 rings (SSSR count). The van der Waals surface area contributed by atoms with Crippen LogP contribution in [-0.2, 0) is 6.54 Å². The zero-order valence-corrected chi connectivity index (χ0v) is 21.4. The van der Waals surface area contributed by atoms with Crippen molar-refractivity contribution < 1.29 is 9.59 Å². The van der Waals surface area contributed by atoms with E-state index in [1.165, 1.54) is 10.7 Å². The molecular weight excluding hydrogens is 494 g/mol. The summed E-state index contributed by atoms with van der Waals surface area (Å²) in [5.74, 6) is -0.328. The quantitative estimate of drug-likeness (QED) is 0.382. The Morgan fingerprint density at radius 2 is 1.89 bits per heavy atom. The minimum absolute atomic E-state index is 0.138. The fourth-order valence-electron chi connectivity index (χ4n) is 3.74. The second-order valence-electron chi connectivity index (χ2n) is 8.68. The SMILES string of the molecule is Cc1cc(C#N)cc(C(=O)NC(C)C)c1NC(=O)c1cc(Cn2nnnc2C)nn1-c1ccccc1Cl. The molecule has 2 heterocycles. The summed E-state index contributed by atoms with van der Waals surface area (Å²) in [6, 6.07) is 13.6. The van der Waals surface area contributed by atoms with Gasteiger partial charge in [-0.05, 0) is 74.0 Å². The highest BCUT2D eigenvalue weighted by atomic mass is 35.5. The van der Waals surface area contributed by atoms with Crippen molar-refractivity contribution in [3.63, 3.8) is 0 Å². The number of aryl methyl sites for hydroxylation is 2. The van der Waals surface area contributed by atoms with E-state index in [2.05, 4.69) is 37.3 Å². The smallest absolute Gasteiger partial charge is 0.274 e. The van der Waals surface area contributed by atoms with Crippen molar-refractivity contribution in [3.05, 3.63) is 81.4 Å². The number of anilines is 1. The van der Waals surface area contributed by atoms with E-state index in [1.54, 1.807) is 54.9 Å². The van der Waals surface area contributed by atoms with Gasteiger partial charge in [0.1, 0.15) is 11.5 Å². The van der Waals surface area contributed by atoms with E-state index in [0.717, 1.165) is 0 Å². The number of nitrogens with zero attached hydrogens (tertiary/aromatic N) is 7. The second-order valence-corrected chi connectivity index (χ2v) is 9.08. The molecule has 0 radical (unpaired) electrons. The van der Waals surface area contributed by atoms with Crippen LogP contribution in [0.15, 0.2) is 42.5 Å². The lowest BCUT2D eigenvalue weighted by Crippen LogP contribution is -2.31. The lowest BCUT2D eigenvalue weighted by Gasteiger charge is -2.16. The van der Waals surface area contributed by atoms with E-state index < -0.39 is 11.8 Å². The average molecular weight is 518 g/mol. The number of nitrogens with one attached hydrogen (secondary N) is 2. The van der Waals surface area contributed by atoms with Gasteiger partial charge in [0.25, 0.3) is 11.8 Å². The fraction of sp³-hybridized carbons (Fsp3) is 0.240. The molecule has 188 valence electrons. The number of carbonyl (C=O) groups excluding carboxylic acids is 2. The first kappa shape index (κ1) is 25.5. The summed E-state index contributed by atoms with van der Waals surface area (Å²) < 4.78 is 3.00. The minimum atomic E-state index is -0.515. The van der Waals surface area contributed by atoms with Crippen LogP contribution < -0.4 is 10.6 Å². The zero-order valence-electron chi connectivity index (χ0n) is 20.7. The normalized spacial score (nSPS) is 10.8. The Bertz CT molecular complexity index is 1530. The molecule has 0 atom stereocenters. The number of para-hydroxylation sites is 1. The molecule has 4 aromatic rings. The van der Waals surface area contributed by atoms with Crippen LogP contribution in [-0.4, -0.2) is 47.8 Å². The molecule has 0 aliphatic carbocycles. The summed E-state index contributed by atoms with van der Waals surface area (Å²) in [4.78, 5) is 26.6. The van der Waals surface area contributed by atoms with Crippen LogP contribution in [0.5, 0.6) is 0 Å². The zero-order chi connectivity index (χ0) is 26.7. The van der Waals surface area contributed by atoms with Crippen molar-refractivity contribution >= 4 is 29.1 Å². The molecule has 2 aromatic carbocycles. The molecule has 2 amide bonds. The maximum Gasteiger partial charge on any atom is 0.274 e. The van der Waals surface area contributed by atoms with Crippen molar-refractivity contribution in [2.24, 2.45) is 0 Å². The number of nitriles is 1. The third-order valence-electron chi connectivity index (χ3n) is 5.46. The number of tetrazole rings is 1. The Kier molecular flexibility index (Phi) is 7.31. The van der Waals surface area contributed by atoms with Gasteiger partial charge in [0, 0.05) is 6.04 Å². The Hall–Kier alpha value is -4.56. The van der Waals surface area contributed by atoms with E-state index in [0.29, 0.717) is 39.0 Å². The molecule has 37 heavy (non-hydrogen) atoms. The van der Waals surface area contributed by atoms with Crippen LogP contribution >= 0.6 is 11.6 Å². The van der Waals surface area contributed by atoms with Gasteiger partial charge in [0.2, 0.25) is 0 Å².